The third kappa shape index (κ3) is 3.85. The van der Waals surface area contributed by atoms with Crippen LogP contribution in [-0.2, 0) is 17.8 Å². The SMILES string of the molecule is Cc1cnn(CCC(=O)N2C[C@@H](Cc3ccnc4ccccc34)[C@H](O)C2)c1. The van der Waals surface area contributed by atoms with Crippen LogP contribution in [0.3, 0.4) is 0 Å². The summed E-state index contributed by atoms with van der Waals surface area (Å²) in [6.45, 7) is 3.55. The van der Waals surface area contributed by atoms with Crippen LogP contribution in [-0.4, -0.2) is 49.9 Å². The van der Waals surface area contributed by atoms with Gasteiger partial charge in [0, 0.05) is 49.8 Å². The number of benzene rings is 1. The van der Waals surface area contributed by atoms with Gasteiger partial charge >= 0.3 is 0 Å². The molecule has 1 aliphatic rings. The molecule has 0 bridgehead atoms. The zero-order chi connectivity index (χ0) is 18.8. The Hall–Kier alpha value is -2.73. The number of pyridine rings is 1. The standard InChI is InChI=1S/C21H24N4O2/c1-15-11-23-25(12-15)9-7-21(27)24-13-17(20(26)14-24)10-16-6-8-22-19-5-3-2-4-18(16)19/h2-6,8,11-12,17,20,26H,7,9-10,13-14H2,1H3/t17-,20-/m1/s1. The lowest BCUT2D eigenvalue weighted by molar-refractivity contribution is -0.130. The van der Waals surface area contributed by atoms with E-state index in [-0.39, 0.29) is 11.8 Å². The monoisotopic (exact) mass is 364 g/mol. The molecule has 6 heteroatoms. The second kappa shape index (κ2) is 7.48. The van der Waals surface area contributed by atoms with Gasteiger partial charge in [-0.05, 0) is 36.6 Å². The highest BCUT2D eigenvalue weighted by atomic mass is 16.3. The van der Waals surface area contributed by atoms with E-state index in [9.17, 15) is 9.90 Å². The number of aliphatic hydroxyl groups excluding tert-OH is 1. The van der Waals surface area contributed by atoms with Gasteiger partial charge in [-0.3, -0.25) is 14.5 Å². The van der Waals surface area contributed by atoms with Crippen molar-refractivity contribution in [1.29, 1.82) is 0 Å². The van der Waals surface area contributed by atoms with Crippen molar-refractivity contribution in [3.05, 3.63) is 60.0 Å². The summed E-state index contributed by atoms with van der Waals surface area (Å²) in [5.74, 6) is 0.121. The Balaban J connectivity index is 1.39. The summed E-state index contributed by atoms with van der Waals surface area (Å²) in [4.78, 5) is 18.7. The fourth-order valence-corrected chi connectivity index (χ4v) is 3.83. The van der Waals surface area contributed by atoms with E-state index in [1.165, 1.54) is 5.56 Å². The molecule has 2 aromatic heterocycles. The Labute approximate surface area is 158 Å². The molecule has 1 amide bonds. The molecular weight excluding hydrogens is 340 g/mol. The normalized spacial score (nSPS) is 19.7. The summed E-state index contributed by atoms with van der Waals surface area (Å²) in [5.41, 5.74) is 3.22. The molecule has 3 heterocycles. The minimum absolute atomic E-state index is 0.0479. The first-order chi connectivity index (χ1) is 13.1. The van der Waals surface area contributed by atoms with Crippen molar-refractivity contribution in [3.63, 3.8) is 0 Å². The minimum atomic E-state index is -0.493. The Kier molecular flexibility index (Phi) is 4.90. The quantitative estimate of drug-likeness (QED) is 0.753. The number of para-hydroxylation sites is 1. The number of aryl methyl sites for hydroxylation is 2. The predicted molar refractivity (Wildman–Crippen MR) is 103 cm³/mol. The second-order valence-corrected chi connectivity index (χ2v) is 7.35. The maximum absolute atomic E-state index is 12.5. The van der Waals surface area contributed by atoms with Gasteiger partial charge in [-0.2, -0.15) is 5.10 Å². The summed E-state index contributed by atoms with van der Waals surface area (Å²) in [5, 5.41) is 15.8. The van der Waals surface area contributed by atoms with Crippen LogP contribution in [0.5, 0.6) is 0 Å². The minimum Gasteiger partial charge on any atom is -0.391 e. The number of aromatic nitrogens is 3. The fraction of sp³-hybridized carbons (Fsp3) is 0.381. The van der Waals surface area contributed by atoms with E-state index in [1.807, 2.05) is 43.6 Å². The molecule has 140 valence electrons. The molecule has 0 radical (unpaired) electrons. The van der Waals surface area contributed by atoms with Crippen LogP contribution in [0.15, 0.2) is 48.9 Å². The third-order valence-corrected chi connectivity index (χ3v) is 5.30. The lowest BCUT2D eigenvalue weighted by atomic mass is 9.94. The summed E-state index contributed by atoms with van der Waals surface area (Å²) in [6.07, 6.45) is 6.19. The van der Waals surface area contributed by atoms with Crippen LogP contribution in [0.4, 0.5) is 0 Å². The van der Waals surface area contributed by atoms with Gasteiger partial charge < -0.3 is 10.0 Å². The fourth-order valence-electron chi connectivity index (χ4n) is 3.83. The largest absolute Gasteiger partial charge is 0.391 e. The van der Waals surface area contributed by atoms with Crippen LogP contribution in [0.25, 0.3) is 10.9 Å². The summed E-state index contributed by atoms with van der Waals surface area (Å²) in [7, 11) is 0. The number of carbonyl (C=O) groups is 1. The van der Waals surface area contributed by atoms with Gasteiger partial charge in [0.15, 0.2) is 0 Å². The molecule has 0 aliphatic carbocycles. The predicted octanol–water partition coefficient (Wildman–Crippen LogP) is 2.19. The summed E-state index contributed by atoms with van der Waals surface area (Å²) in [6, 6.07) is 10.1. The number of hydrogen-bond acceptors (Lipinski definition) is 4. The van der Waals surface area contributed by atoms with Crippen molar-refractivity contribution in [2.24, 2.45) is 5.92 Å². The van der Waals surface area contributed by atoms with Gasteiger partial charge in [0.2, 0.25) is 5.91 Å². The zero-order valence-corrected chi connectivity index (χ0v) is 15.5. The topological polar surface area (TPSA) is 71.2 Å². The molecule has 4 rings (SSSR count). The van der Waals surface area contributed by atoms with E-state index in [0.29, 0.717) is 26.1 Å². The average Bonchev–Trinajstić information content (AvgIpc) is 3.26. The van der Waals surface area contributed by atoms with Crippen LogP contribution in [0.1, 0.15) is 17.5 Å². The number of aliphatic hydroxyl groups is 1. The molecule has 1 saturated heterocycles. The first-order valence-electron chi connectivity index (χ1n) is 9.37. The molecule has 1 aliphatic heterocycles. The second-order valence-electron chi connectivity index (χ2n) is 7.35. The number of hydrogen-bond donors (Lipinski definition) is 1. The maximum Gasteiger partial charge on any atom is 0.224 e. The molecule has 6 nitrogen and oxygen atoms in total. The number of carbonyl (C=O) groups excluding carboxylic acids is 1. The number of fused-ring (bicyclic) bond motifs is 1. The molecule has 0 unspecified atom stereocenters. The molecule has 27 heavy (non-hydrogen) atoms. The maximum atomic E-state index is 12.5. The van der Waals surface area contributed by atoms with Crippen molar-refractivity contribution in [2.75, 3.05) is 13.1 Å². The summed E-state index contributed by atoms with van der Waals surface area (Å²) >= 11 is 0. The number of nitrogens with zero attached hydrogens (tertiary/aromatic N) is 4. The van der Waals surface area contributed by atoms with Gasteiger partial charge in [0.1, 0.15) is 0 Å². The Morgan fingerprint density at radius 3 is 2.93 bits per heavy atom. The van der Waals surface area contributed by atoms with Crippen molar-refractivity contribution in [3.8, 4) is 0 Å². The highest BCUT2D eigenvalue weighted by Gasteiger charge is 2.34. The smallest absolute Gasteiger partial charge is 0.224 e. The molecule has 1 aromatic carbocycles. The van der Waals surface area contributed by atoms with E-state index in [0.717, 1.165) is 22.9 Å². The number of rotatable bonds is 5. The van der Waals surface area contributed by atoms with Gasteiger partial charge in [-0.1, -0.05) is 18.2 Å². The average molecular weight is 364 g/mol. The van der Waals surface area contributed by atoms with Gasteiger partial charge in [-0.25, -0.2) is 0 Å². The van der Waals surface area contributed by atoms with Gasteiger partial charge in [-0.15, -0.1) is 0 Å². The van der Waals surface area contributed by atoms with Crippen LogP contribution >= 0.6 is 0 Å². The number of amides is 1. The molecular formula is C21H24N4O2. The van der Waals surface area contributed by atoms with Crippen molar-refractivity contribution in [1.82, 2.24) is 19.7 Å². The molecule has 1 N–H and O–H groups in total. The lowest BCUT2D eigenvalue weighted by Gasteiger charge is -2.16. The Morgan fingerprint density at radius 1 is 1.26 bits per heavy atom. The first kappa shape index (κ1) is 17.7. The zero-order valence-electron chi connectivity index (χ0n) is 15.5. The van der Waals surface area contributed by atoms with Gasteiger partial charge in [0.25, 0.3) is 0 Å². The van der Waals surface area contributed by atoms with Crippen molar-refractivity contribution < 1.29 is 9.90 Å². The van der Waals surface area contributed by atoms with Gasteiger partial charge in [0.05, 0.1) is 17.8 Å². The highest BCUT2D eigenvalue weighted by molar-refractivity contribution is 5.82. The van der Waals surface area contributed by atoms with E-state index >= 15 is 0 Å². The van der Waals surface area contributed by atoms with Crippen molar-refractivity contribution >= 4 is 16.8 Å². The van der Waals surface area contributed by atoms with E-state index in [2.05, 4.69) is 16.1 Å². The van der Waals surface area contributed by atoms with Crippen LogP contribution in [0.2, 0.25) is 0 Å². The van der Waals surface area contributed by atoms with Crippen LogP contribution in [0, 0.1) is 12.8 Å². The van der Waals surface area contributed by atoms with E-state index in [4.69, 9.17) is 0 Å². The van der Waals surface area contributed by atoms with Crippen molar-refractivity contribution in [2.45, 2.75) is 32.4 Å². The lowest BCUT2D eigenvalue weighted by Crippen LogP contribution is -2.30. The van der Waals surface area contributed by atoms with Crippen LogP contribution < -0.4 is 0 Å². The Morgan fingerprint density at radius 2 is 2.11 bits per heavy atom. The summed E-state index contributed by atoms with van der Waals surface area (Å²) < 4.78 is 1.79. The molecule has 3 aromatic rings. The third-order valence-electron chi connectivity index (χ3n) is 5.30. The first-order valence-corrected chi connectivity index (χ1v) is 9.37. The molecule has 0 saturated carbocycles. The van der Waals surface area contributed by atoms with E-state index < -0.39 is 6.10 Å². The number of likely N-dealkylation sites (tertiary alicyclic amines) is 1. The highest BCUT2D eigenvalue weighted by Crippen LogP contribution is 2.25. The van der Waals surface area contributed by atoms with E-state index in [1.54, 1.807) is 15.8 Å². The molecule has 0 spiro atoms. The molecule has 2 atom stereocenters. The number of β-amino-alcohol motifs (C(OH)–C–C–N with tert-alkyl or cyclic N) is 1. The Bertz CT molecular complexity index is 947. The molecule has 1 fully saturated rings.